The molecule has 0 bridgehead atoms. The Bertz CT molecular complexity index is 446. The fraction of sp³-hybridized carbons (Fsp3) is 0.500. The number of amides is 1. The Kier molecular flexibility index (Phi) is 3.45. The second kappa shape index (κ2) is 5.02. The molecule has 5 nitrogen and oxygen atoms in total. The second-order valence-corrected chi connectivity index (χ2v) is 4.10. The maximum absolute atomic E-state index is 12.0. The molecule has 1 amide bonds. The van der Waals surface area contributed by atoms with E-state index in [1.54, 1.807) is 6.33 Å². The van der Waals surface area contributed by atoms with E-state index in [4.69, 9.17) is 6.42 Å². The summed E-state index contributed by atoms with van der Waals surface area (Å²) >= 11 is 0. The van der Waals surface area contributed by atoms with Crippen LogP contribution in [-0.4, -0.2) is 28.0 Å². The molecular weight excluding hydrogens is 216 g/mol. The van der Waals surface area contributed by atoms with Gasteiger partial charge in [-0.15, -0.1) is 6.42 Å². The summed E-state index contributed by atoms with van der Waals surface area (Å²) in [6.07, 6.45) is 8.32. The molecule has 0 aromatic carbocycles. The third-order valence-electron chi connectivity index (χ3n) is 2.97. The van der Waals surface area contributed by atoms with Crippen molar-refractivity contribution in [3.8, 4) is 12.3 Å². The number of terminal acetylenes is 1. The second-order valence-electron chi connectivity index (χ2n) is 4.10. The predicted molar refractivity (Wildman–Crippen MR) is 64.0 cm³/mol. The van der Waals surface area contributed by atoms with Gasteiger partial charge in [0, 0.05) is 13.0 Å². The first kappa shape index (κ1) is 11.7. The molecule has 1 aliphatic rings. The molecule has 0 radical (unpaired) electrons. The first-order valence-corrected chi connectivity index (χ1v) is 5.75. The van der Waals surface area contributed by atoms with E-state index in [-0.39, 0.29) is 18.0 Å². The lowest BCUT2D eigenvalue weighted by molar-refractivity contribution is -0.123. The summed E-state index contributed by atoms with van der Waals surface area (Å²) in [4.78, 5) is 19.2. The molecule has 5 heteroatoms. The van der Waals surface area contributed by atoms with Crippen molar-refractivity contribution in [1.82, 2.24) is 20.6 Å². The van der Waals surface area contributed by atoms with Gasteiger partial charge in [0.1, 0.15) is 0 Å². The maximum atomic E-state index is 12.0. The van der Waals surface area contributed by atoms with E-state index < -0.39 is 0 Å². The van der Waals surface area contributed by atoms with Crippen LogP contribution in [0.3, 0.4) is 0 Å². The van der Waals surface area contributed by atoms with Gasteiger partial charge in [-0.1, -0.05) is 12.8 Å². The van der Waals surface area contributed by atoms with Crippen LogP contribution in [0.5, 0.6) is 0 Å². The molecule has 2 unspecified atom stereocenters. The Morgan fingerprint density at radius 2 is 2.65 bits per heavy atom. The number of imidazole rings is 1. The fourth-order valence-corrected chi connectivity index (χ4v) is 1.89. The van der Waals surface area contributed by atoms with E-state index in [1.807, 2.05) is 6.92 Å². The van der Waals surface area contributed by atoms with E-state index in [1.165, 1.54) is 0 Å². The van der Waals surface area contributed by atoms with Gasteiger partial charge in [-0.25, -0.2) is 4.98 Å². The van der Waals surface area contributed by atoms with Gasteiger partial charge in [0.2, 0.25) is 5.91 Å². The zero-order valence-corrected chi connectivity index (χ0v) is 9.79. The summed E-state index contributed by atoms with van der Waals surface area (Å²) in [5.41, 5.74) is 2.01. The first-order chi connectivity index (χ1) is 8.24. The summed E-state index contributed by atoms with van der Waals surface area (Å²) in [7, 11) is 0. The number of nitrogens with zero attached hydrogens (tertiary/aromatic N) is 1. The van der Waals surface area contributed by atoms with E-state index in [2.05, 4.69) is 26.5 Å². The molecule has 3 N–H and O–H groups in total. The largest absolute Gasteiger partial charge is 0.347 e. The Morgan fingerprint density at radius 1 is 1.82 bits per heavy atom. The van der Waals surface area contributed by atoms with Crippen molar-refractivity contribution in [2.24, 2.45) is 0 Å². The Labute approximate surface area is 100 Å². The van der Waals surface area contributed by atoms with Crippen molar-refractivity contribution in [3.05, 3.63) is 17.7 Å². The molecular formula is C12H16N4O. The molecule has 17 heavy (non-hydrogen) atoms. The quantitative estimate of drug-likeness (QED) is 0.640. The molecule has 1 aromatic rings. The third-order valence-corrected chi connectivity index (χ3v) is 2.97. The third kappa shape index (κ3) is 2.48. The molecule has 90 valence electrons. The van der Waals surface area contributed by atoms with Crippen LogP contribution in [0, 0.1) is 12.3 Å². The van der Waals surface area contributed by atoms with Crippen molar-refractivity contribution in [1.29, 1.82) is 0 Å². The van der Waals surface area contributed by atoms with E-state index in [0.29, 0.717) is 13.0 Å². The number of rotatable bonds is 3. The molecule has 2 heterocycles. The number of fused-ring (bicyclic) bond motifs is 1. The molecule has 0 saturated heterocycles. The monoisotopic (exact) mass is 232 g/mol. The predicted octanol–water partition coefficient (Wildman–Crippen LogP) is -0.0480. The van der Waals surface area contributed by atoms with Gasteiger partial charge in [0.25, 0.3) is 0 Å². The van der Waals surface area contributed by atoms with Crippen LogP contribution < -0.4 is 10.6 Å². The average Bonchev–Trinajstić information content (AvgIpc) is 2.82. The summed E-state index contributed by atoms with van der Waals surface area (Å²) < 4.78 is 0. The number of hydrogen-bond donors (Lipinski definition) is 3. The van der Waals surface area contributed by atoms with Crippen LogP contribution in [0.2, 0.25) is 0 Å². The molecule has 1 aliphatic heterocycles. The van der Waals surface area contributed by atoms with Gasteiger partial charge in [-0.3, -0.25) is 10.1 Å². The minimum absolute atomic E-state index is 0.0524. The lowest BCUT2D eigenvalue weighted by atomic mass is 10.0. The lowest BCUT2D eigenvalue weighted by Gasteiger charge is -2.23. The zero-order valence-electron chi connectivity index (χ0n) is 9.79. The molecule has 0 aliphatic carbocycles. The number of H-pyrrole nitrogens is 1. The first-order valence-electron chi connectivity index (χ1n) is 5.75. The zero-order chi connectivity index (χ0) is 12.3. The number of hydrogen-bond acceptors (Lipinski definition) is 3. The van der Waals surface area contributed by atoms with E-state index in [0.717, 1.165) is 17.8 Å². The average molecular weight is 232 g/mol. The standard InChI is InChI=1S/C12H16N4O/c1-3-8(4-2)16-12(17)10-5-9-11(6-13-10)15-7-14-9/h1,7-8,10,13H,4-6H2,2H3,(H,14,15)(H,16,17). The Balaban J connectivity index is 1.97. The Morgan fingerprint density at radius 3 is 3.35 bits per heavy atom. The van der Waals surface area contributed by atoms with Crippen LogP contribution in [-0.2, 0) is 17.8 Å². The van der Waals surface area contributed by atoms with Gasteiger partial charge in [0.05, 0.1) is 29.8 Å². The van der Waals surface area contributed by atoms with Crippen molar-refractivity contribution < 1.29 is 4.79 Å². The number of nitrogens with one attached hydrogen (secondary N) is 3. The highest BCUT2D eigenvalue weighted by molar-refractivity contribution is 5.82. The van der Waals surface area contributed by atoms with Crippen LogP contribution in [0.1, 0.15) is 24.7 Å². The van der Waals surface area contributed by atoms with Gasteiger partial charge in [0.15, 0.2) is 0 Å². The van der Waals surface area contributed by atoms with Crippen LogP contribution in [0.25, 0.3) is 0 Å². The summed E-state index contributed by atoms with van der Waals surface area (Å²) in [6, 6.07) is -0.432. The van der Waals surface area contributed by atoms with Gasteiger partial charge in [-0.05, 0) is 6.42 Å². The lowest BCUT2D eigenvalue weighted by Crippen LogP contribution is -2.50. The normalized spacial score (nSPS) is 20.1. The van der Waals surface area contributed by atoms with E-state index >= 15 is 0 Å². The minimum atomic E-state index is -0.242. The molecule has 2 rings (SSSR count). The molecule has 0 saturated carbocycles. The van der Waals surface area contributed by atoms with Gasteiger partial charge < -0.3 is 10.3 Å². The van der Waals surface area contributed by atoms with Crippen molar-refractivity contribution >= 4 is 5.91 Å². The van der Waals surface area contributed by atoms with Crippen LogP contribution in [0.15, 0.2) is 6.33 Å². The SMILES string of the molecule is C#CC(CC)NC(=O)C1Cc2nc[nH]c2CN1. The van der Waals surface area contributed by atoms with Crippen molar-refractivity contribution in [3.63, 3.8) is 0 Å². The number of aromatic nitrogens is 2. The Hall–Kier alpha value is -1.80. The summed E-state index contributed by atoms with van der Waals surface area (Å²) in [6.45, 7) is 2.59. The molecule has 2 atom stereocenters. The number of aromatic amines is 1. The number of carbonyl (C=O) groups excluding carboxylic acids is 1. The highest BCUT2D eigenvalue weighted by Crippen LogP contribution is 2.12. The smallest absolute Gasteiger partial charge is 0.238 e. The van der Waals surface area contributed by atoms with Crippen molar-refractivity contribution in [2.75, 3.05) is 0 Å². The van der Waals surface area contributed by atoms with E-state index in [9.17, 15) is 4.79 Å². The molecule has 0 fully saturated rings. The van der Waals surface area contributed by atoms with Crippen LogP contribution >= 0.6 is 0 Å². The fourth-order valence-electron chi connectivity index (χ4n) is 1.89. The molecule has 0 spiro atoms. The van der Waals surface area contributed by atoms with Crippen molar-refractivity contribution in [2.45, 2.75) is 38.4 Å². The highest BCUT2D eigenvalue weighted by Gasteiger charge is 2.26. The molecule has 1 aromatic heterocycles. The summed E-state index contributed by atoms with van der Waals surface area (Å²) in [5.74, 6) is 2.50. The topological polar surface area (TPSA) is 69.8 Å². The summed E-state index contributed by atoms with van der Waals surface area (Å²) in [5, 5.41) is 6.00. The highest BCUT2D eigenvalue weighted by atomic mass is 16.2. The number of carbonyl (C=O) groups is 1. The van der Waals surface area contributed by atoms with Crippen LogP contribution in [0.4, 0.5) is 0 Å². The minimum Gasteiger partial charge on any atom is -0.347 e. The maximum Gasteiger partial charge on any atom is 0.238 e. The van der Waals surface area contributed by atoms with Gasteiger partial charge in [-0.2, -0.15) is 0 Å². The van der Waals surface area contributed by atoms with Gasteiger partial charge >= 0.3 is 0 Å².